The lowest BCUT2D eigenvalue weighted by Crippen LogP contribution is -2.42. The average molecular weight is 528 g/mol. The van der Waals surface area contributed by atoms with Crippen molar-refractivity contribution < 1.29 is 0 Å². The largest absolute Gasteiger partial charge is 0.372 e. The highest BCUT2D eigenvalue weighted by Gasteiger charge is 2.21. The molecule has 2 saturated heterocycles. The Balaban J connectivity index is 0.00000320. The van der Waals surface area contributed by atoms with Gasteiger partial charge >= 0.3 is 0 Å². The fraction of sp³-hybridized carbons (Fsp3) is 0.708. The summed E-state index contributed by atoms with van der Waals surface area (Å²) in [5, 5.41) is 7.07. The van der Waals surface area contributed by atoms with Crippen LogP contribution < -0.4 is 15.5 Å². The van der Waals surface area contributed by atoms with Crippen LogP contribution in [0.25, 0.3) is 0 Å². The highest BCUT2D eigenvalue weighted by atomic mass is 127. The lowest BCUT2D eigenvalue weighted by molar-refractivity contribution is 0.143. The molecule has 2 N–H and O–H groups in total. The van der Waals surface area contributed by atoms with Gasteiger partial charge < -0.3 is 20.4 Å². The van der Waals surface area contributed by atoms with Gasteiger partial charge in [0.2, 0.25) is 0 Å². The van der Waals surface area contributed by atoms with Gasteiger partial charge in [0.05, 0.1) is 6.04 Å². The fourth-order valence-electron chi connectivity index (χ4n) is 4.51. The van der Waals surface area contributed by atoms with Crippen molar-refractivity contribution in [3.63, 3.8) is 0 Å². The van der Waals surface area contributed by atoms with E-state index in [2.05, 4.69) is 72.4 Å². The summed E-state index contributed by atoms with van der Waals surface area (Å²) in [4.78, 5) is 10.0. The van der Waals surface area contributed by atoms with E-state index in [1.807, 2.05) is 0 Å². The molecule has 2 aliphatic heterocycles. The van der Waals surface area contributed by atoms with Crippen molar-refractivity contribution in [1.29, 1.82) is 0 Å². The number of rotatable bonds is 7. The number of likely N-dealkylation sites (tertiary alicyclic amines) is 1. The molecule has 1 aromatic rings. The van der Waals surface area contributed by atoms with Crippen LogP contribution in [0.5, 0.6) is 0 Å². The van der Waals surface area contributed by atoms with Gasteiger partial charge in [-0.1, -0.05) is 12.1 Å². The van der Waals surface area contributed by atoms with Crippen molar-refractivity contribution in [2.75, 3.05) is 44.2 Å². The summed E-state index contributed by atoms with van der Waals surface area (Å²) >= 11 is 0. The molecule has 0 radical (unpaired) electrons. The van der Waals surface area contributed by atoms with Crippen molar-refractivity contribution in [1.82, 2.24) is 15.5 Å². The third-order valence-corrected chi connectivity index (χ3v) is 6.33. The van der Waals surface area contributed by atoms with E-state index in [4.69, 9.17) is 4.99 Å². The summed E-state index contributed by atoms with van der Waals surface area (Å²) in [6.07, 6.45) is 5.21. The van der Waals surface area contributed by atoms with Crippen LogP contribution in [-0.2, 0) is 0 Å². The van der Waals surface area contributed by atoms with Gasteiger partial charge in [-0.25, -0.2) is 0 Å². The SMILES string of the molecule is CCNC(=NCC1CCCN(C(C)C)C1)NC(C)c1cccc(N2CCCC2)c1.I. The third-order valence-electron chi connectivity index (χ3n) is 6.33. The summed E-state index contributed by atoms with van der Waals surface area (Å²) in [6, 6.07) is 9.86. The number of hydrogen-bond acceptors (Lipinski definition) is 3. The van der Waals surface area contributed by atoms with Gasteiger partial charge in [0.25, 0.3) is 0 Å². The monoisotopic (exact) mass is 527 g/mol. The second-order valence-corrected chi connectivity index (χ2v) is 8.97. The number of hydrogen-bond donors (Lipinski definition) is 2. The Hall–Kier alpha value is -1.02. The van der Waals surface area contributed by atoms with Crippen molar-refractivity contribution in [3.05, 3.63) is 29.8 Å². The summed E-state index contributed by atoms with van der Waals surface area (Å²) in [5.74, 6) is 1.60. The zero-order valence-electron chi connectivity index (χ0n) is 19.4. The molecule has 0 bridgehead atoms. The number of halogens is 1. The van der Waals surface area contributed by atoms with E-state index in [1.54, 1.807) is 0 Å². The van der Waals surface area contributed by atoms with Gasteiger partial charge in [-0.3, -0.25) is 4.99 Å². The molecule has 2 fully saturated rings. The third kappa shape index (κ3) is 7.29. The maximum atomic E-state index is 4.95. The van der Waals surface area contributed by atoms with Crippen LogP contribution in [0.1, 0.15) is 65.0 Å². The first kappa shape index (κ1) is 25.2. The first-order valence-corrected chi connectivity index (χ1v) is 11.7. The van der Waals surface area contributed by atoms with Crippen LogP contribution in [0.3, 0.4) is 0 Å². The summed E-state index contributed by atoms with van der Waals surface area (Å²) in [5.41, 5.74) is 2.68. The minimum absolute atomic E-state index is 0. The second-order valence-electron chi connectivity index (χ2n) is 8.97. The molecule has 0 amide bonds. The highest BCUT2D eigenvalue weighted by Crippen LogP contribution is 2.24. The summed E-state index contributed by atoms with van der Waals surface area (Å²) in [6.45, 7) is 15.5. The summed E-state index contributed by atoms with van der Waals surface area (Å²) < 4.78 is 0. The zero-order valence-corrected chi connectivity index (χ0v) is 21.7. The van der Waals surface area contributed by atoms with E-state index in [9.17, 15) is 0 Å². The molecule has 2 heterocycles. The van der Waals surface area contributed by atoms with Crippen LogP contribution in [0.4, 0.5) is 5.69 Å². The average Bonchev–Trinajstić information content (AvgIpc) is 3.27. The molecular formula is C24H42IN5. The van der Waals surface area contributed by atoms with Crippen LogP contribution in [0.2, 0.25) is 0 Å². The molecule has 6 heteroatoms. The van der Waals surface area contributed by atoms with Gasteiger partial charge in [-0.15, -0.1) is 24.0 Å². The zero-order chi connectivity index (χ0) is 20.6. The van der Waals surface area contributed by atoms with E-state index in [0.29, 0.717) is 12.0 Å². The summed E-state index contributed by atoms with van der Waals surface area (Å²) in [7, 11) is 0. The molecule has 3 rings (SSSR count). The first-order valence-electron chi connectivity index (χ1n) is 11.7. The number of guanidine groups is 1. The Labute approximate surface area is 201 Å². The molecule has 2 aliphatic rings. The van der Waals surface area contributed by atoms with Crippen molar-refractivity contribution in [3.8, 4) is 0 Å². The van der Waals surface area contributed by atoms with Crippen molar-refractivity contribution in [2.45, 2.75) is 65.5 Å². The predicted octanol–water partition coefficient (Wildman–Crippen LogP) is 4.64. The molecule has 2 unspecified atom stereocenters. The molecule has 0 spiro atoms. The molecule has 170 valence electrons. The topological polar surface area (TPSA) is 42.9 Å². The predicted molar refractivity (Wildman–Crippen MR) is 140 cm³/mol. The number of aliphatic imine (C=N–C) groups is 1. The molecule has 0 saturated carbocycles. The molecule has 2 atom stereocenters. The standard InChI is InChI=1S/C24H41N5.HI/c1-5-25-24(26-17-21-10-9-15-29(18-21)19(2)3)27-20(4)22-11-8-12-23(16-22)28-13-6-7-14-28;/h8,11-12,16,19-21H,5-7,9-10,13-15,17-18H2,1-4H3,(H2,25,26,27);1H. The van der Waals surface area contributed by atoms with Gasteiger partial charge in [-0.05, 0) is 83.5 Å². The van der Waals surface area contributed by atoms with Crippen molar-refractivity contribution in [2.24, 2.45) is 10.9 Å². The second kappa shape index (κ2) is 12.7. The van der Waals surface area contributed by atoms with E-state index in [1.165, 1.54) is 63.1 Å². The van der Waals surface area contributed by atoms with E-state index < -0.39 is 0 Å². The van der Waals surface area contributed by atoms with E-state index in [-0.39, 0.29) is 30.0 Å². The molecule has 0 aromatic heterocycles. The fourth-order valence-corrected chi connectivity index (χ4v) is 4.51. The van der Waals surface area contributed by atoms with Crippen LogP contribution >= 0.6 is 24.0 Å². The maximum Gasteiger partial charge on any atom is 0.191 e. The number of benzene rings is 1. The van der Waals surface area contributed by atoms with Gasteiger partial charge in [0.15, 0.2) is 5.96 Å². The number of nitrogens with zero attached hydrogens (tertiary/aromatic N) is 3. The molecule has 1 aromatic carbocycles. The molecule has 5 nitrogen and oxygen atoms in total. The van der Waals surface area contributed by atoms with Crippen LogP contribution in [0, 0.1) is 5.92 Å². The Morgan fingerprint density at radius 3 is 2.60 bits per heavy atom. The minimum Gasteiger partial charge on any atom is -0.372 e. The Morgan fingerprint density at radius 1 is 1.13 bits per heavy atom. The number of piperidine rings is 1. The van der Waals surface area contributed by atoms with Gasteiger partial charge in [0.1, 0.15) is 0 Å². The normalized spacial score (nSPS) is 21.4. The van der Waals surface area contributed by atoms with Crippen molar-refractivity contribution >= 4 is 35.6 Å². The Kier molecular flexibility index (Phi) is 10.7. The van der Waals surface area contributed by atoms with Crippen LogP contribution in [-0.4, -0.2) is 56.2 Å². The lowest BCUT2D eigenvalue weighted by Gasteiger charge is -2.35. The number of nitrogens with one attached hydrogen (secondary N) is 2. The quantitative estimate of drug-likeness (QED) is 0.308. The maximum absolute atomic E-state index is 4.95. The van der Waals surface area contributed by atoms with Crippen LogP contribution in [0.15, 0.2) is 29.3 Å². The smallest absolute Gasteiger partial charge is 0.191 e. The van der Waals surface area contributed by atoms with Gasteiger partial charge in [-0.2, -0.15) is 0 Å². The molecule has 0 aliphatic carbocycles. The molecular weight excluding hydrogens is 485 g/mol. The van der Waals surface area contributed by atoms with E-state index in [0.717, 1.165) is 19.0 Å². The first-order chi connectivity index (χ1) is 14.1. The lowest BCUT2D eigenvalue weighted by atomic mass is 9.97. The number of anilines is 1. The van der Waals surface area contributed by atoms with E-state index >= 15 is 0 Å². The Bertz CT molecular complexity index is 657. The Morgan fingerprint density at radius 2 is 1.90 bits per heavy atom. The molecule has 30 heavy (non-hydrogen) atoms. The van der Waals surface area contributed by atoms with Gasteiger partial charge in [0, 0.05) is 44.5 Å². The minimum atomic E-state index is 0. The highest BCUT2D eigenvalue weighted by molar-refractivity contribution is 14.0.